The maximum Gasteiger partial charge on any atom is 0.0314 e. The van der Waals surface area contributed by atoms with E-state index in [-0.39, 0.29) is 5.54 Å². The molecule has 3 heteroatoms. The molecule has 0 aliphatic heterocycles. The van der Waals surface area contributed by atoms with E-state index >= 15 is 0 Å². The Hall–Kier alpha value is 0.140. The minimum absolute atomic E-state index is 0.265. The molecule has 0 atom stereocenters. The van der Waals surface area contributed by atoms with Gasteiger partial charge in [0.05, 0.1) is 0 Å². The summed E-state index contributed by atoms with van der Waals surface area (Å²) in [6.07, 6.45) is 6.55. The summed E-state index contributed by atoms with van der Waals surface area (Å²) in [6, 6.07) is 2.28. The van der Waals surface area contributed by atoms with Crippen molar-refractivity contribution in [1.82, 2.24) is 5.32 Å². The lowest BCUT2D eigenvalue weighted by molar-refractivity contribution is 0.416. The SMILES string of the molecule is Cc1sc(CCCCCCNC(C)(C)C)cc1Br. The van der Waals surface area contributed by atoms with Crippen LogP contribution in [0.1, 0.15) is 56.2 Å². The van der Waals surface area contributed by atoms with Gasteiger partial charge in [0.2, 0.25) is 0 Å². The van der Waals surface area contributed by atoms with E-state index in [1.54, 1.807) is 0 Å². The van der Waals surface area contributed by atoms with Gasteiger partial charge >= 0.3 is 0 Å². The average molecular weight is 332 g/mol. The second-order valence-corrected chi connectivity index (χ2v) is 8.15. The summed E-state index contributed by atoms with van der Waals surface area (Å²) in [5.74, 6) is 0. The van der Waals surface area contributed by atoms with E-state index in [4.69, 9.17) is 0 Å². The molecule has 0 aliphatic rings. The number of aryl methyl sites for hydroxylation is 2. The Labute approximate surface area is 125 Å². The van der Waals surface area contributed by atoms with Gasteiger partial charge < -0.3 is 5.32 Å². The topological polar surface area (TPSA) is 12.0 Å². The smallest absolute Gasteiger partial charge is 0.0314 e. The third-order valence-electron chi connectivity index (χ3n) is 2.91. The Morgan fingerprint density at radius 2 is 1.83 bits per heavy atom. The number of unbranched alkanes of at least 4 members (excludes halogenated alkanes) is 3. The molecule has 1 heterocycles. The minimum atomic E-state index is 0.265. The second-order valence-electron chi connectivity index (χ2n) is 5.96. The van der Waals surface area contributed by atoms with E-state index in [0.717, 1.165) is 6.54 Å². The van der Waals surface area contributed by atoms with Crippen molar-refractivity contribution < 1.29 is 0 Å². The molecule has 0 spiro atoms. The predicted octanol–water partition coefficient (Wildman–Crippen LogP) is 5.31. The quantitative estimate of drug-likeness (QED) is 0.667. The molecule has 0 saturated heterocycles. The van der Waals surface area contributed by atoms with E-state index in [1.165, 1.54) is 46.3 Å². The Morgan fingerprint density at radius 1 is 1.17 bits per heavy atom. The van der Waals surface area contributed by atoms with Gasteiger partial charge in [0, 0.05) is 19.8 Å². The maximum atomic E-state index is 3.58. The lowest BCUT2D eigenvalue weighted by Gasteiger charge is -2.20. The number of thiophene rings is 1. The van der Waals surface area contributed by atoms with E-state index in [0.29, 0.717) is 0 Å². The average Bonchev–Trinajstić information content (AvgIpc) is 2.55. The highest BCUT2D eigenvalue weighted by Crippen LogP contribution is 2.27. The lowest BCUT2D eigenvalue weighted by atomic mass is 10.1. The normalized spacial score (nSPS) is 12.1. The maximum absolute atomic E-state index is 3.58. The largest absolute Gasteiger partial charge is 0.312 e. The van der Waals surface area contributed by atoms with Crippen LogP contribution in [0.15, 0.2) is 10.5 Å². The molecule has 0 saturated carbocycles. The molecule has 104 valence electrons. The zero-order valence-electron chi connectivity index (χ0n) is 12.1. The number of nitrogens with one attached hydrogen (secondary N) is 1. The van der Waals surface area contributed by atoms with Crippen LogP contribution in [0.4, 0.5) is 0 Å². The van der Waals surface area contributed by atoms with Gasteiger partial charge in [-0.1, -0.05) is 12.8 Å². The third kappa shape index (κ3) is 6.91. The molecule has 1 aromatic heterocycles. The van der Waals surface area contributed by atoms with Crippen molar-refractivity contribution >= 4 is 27.3 Å². The number of hydrogen-bond donors (Lipinski definition) is 1. The highest BCUT2D eigenvalue weighted by atomic mass is 79.9. The van der Waals surface area contributed by atoms with Gasteiger partial charge in [-0.25, -0.2) is 0 Å². The highest BCUT2D eigenvalue weighted by molar-refractivity contribution is 9.10. The van der Waals surface area contributed by atoms with Crippen LogP contribution in [-0.4, -0.2) is 12.1 Å². The van der Waals surface area contributed by atoms with Gasteiger partial charge in [0.1, 0.15) is 0 Å². The molecule has 0 unspecified atom stereocenters. The first-order valence-electron chi connectivity index (χ1n) is 6.88. The zero-order chi connectivity index (χ0) is 13.6. The molecule has 1 nitrogen and oxygen atoms in total. The Balaban J connectivity index is 2.02. The molecule has 1 aromatic rings. The standard InChI is InChI=1S/C15H26BrNS/c1-12-14(16)11-13(18-12)9-7-5-6-8-10-17-15(2,3)4/h11,17H,5-10H2,1-4H3. The monoisotopic (exact) mass is 331 g/mol. The molecule has 18 heavy (non-hydrogen) atoms. The van der Waals surface area contributed by atoms with Crippen molar-refractivity contribution in [3.8, 4) is 0 Å². The van der Waals surface area contributed by atoms with Gasteiger partial charge in [-0.3, -0.25) is 0 Å². The van der Waals surface area contributed by atoms with E-state index in [2.05, 4.69) is 55.0 Å². The fourth-order valence-corrected chi connectivity index (χ4v) is 3.53. The molecule has 0 bridgehead atoms. The summed E-state index contributed by atoms with van der Waals surface area (Å²) >= 11 is 5.51. The summed E-state index contributed by atoms with van der Waals surface area (Å²) in [7, 11) is 0. The highest BCUT2D eigenvalue weighted by Gasteiger charge is 2.07. The van der Waals surface area contributed by atoms with Gasteiger partial charge in [-0.15, -0.1) is 11.3 Å². The Kier molecular flexibility index (Phi) is 6.89. The van der Waals surface area contributed by atoms with Crippen LogP contribution in [0.5, 0.6) is 0 Å². The van der Waals surface area contributed by atoms with Crippen LogP contribution < -0.4 is 5.32 Å². The minimum Gasteiger partial charge on any atom is -0.312 e. The van der Waals surface area contributed by atoms with Crippen LogP contribution in [0.3, 0.4) is 0 Å². The number of rotatable bonds is 7. The van der Waals surface area contributed by atoms with Crippen LogP contribution in [0.2, 0.25) is 0 Å². The van der Waals surface area contributed by atoms with Crippen molar-refractivity contribution in [3.05, 3.63) is 20.3 Å². The first-order valence-corrected chi connectivity index (χ1v) is 8.49. The Morgan fingerprint density at radius 3 is 2.39 bits per heavy atom. The number of hydrogen-bond acceptors (Lipinski definition) is 2. The Bertz CT molecular complexity index is 332. The lowest BCUT2D eigenvalue weighted by Crippen LogP contribution is -2.36. The second kappa shape index (κ2) is 7.66. The van der Waals surface area contributed by atoms with Gasteiger partial charge in [-0.2, -0.15) is 0 Å². The molecule has 0 radical (unpaired) electrons. The van der Waals surface area contributed by atoms with Crippen LogP contribution in [0, 0.1) is 6.92 Å². The summed E-state index contributed by atoms with van der Waals surface area (Å²) in [5, 5.41) is 3.54. The molecule has 0 amide bonds. The fourth-order valence-electron chi connectivity index (χ4n) is 1.88. The first-order chi connectivity index (χ1) is 8.38. The van der Waals surface area contributed by atoms with E-state index in [9.17, 15) is 0 Å². The van der Waals surface area contributed by atoms with Gasteiger partial charge in [0.15, 0.2) is 0 Å². The third-order valence-corrected chi connectivity index (χ3v) is 5.11. The van der Waals surface area contributed by atoms with Crippen molar-refractivity contribution in [1.29, 1.82) is 0 Å². The van der Waals surface area contributed by atoms with Gasteiger partial charge in [-0.05, 0) is 75.5 Å². The summed E-state index contributed by atoms with van der Waals surface area (Å²) in [5.41, 5.74) is 0.265. The first kappa shape index (κ1) is 16.2. The predicted molar refractivity (Wildman–Crippen MR) is 86.7 cm³/mol. The molecule has 1 rings (SSSR count). The molecule has 1 N–H and O–H groups in total. The molecular formula is C15H26BrNS. The summed E-state index contributed by atoms with van der Waals surface area (Å²) in [4.78, 5) is 2.92. The van der Waals surface area contributed by atoms with Crippen molar-refractivity contribution in [2.45, 2.75) is 65.3 Å². The fraction of sp³-hybridized carbons (Fsp3) is 0.733. The van der Waals surface area contributed by atoms with E-state index in [1.807, 2.05) is 11.3 Å². The zero-order valence-corrected chi connectivity index (χ0v) is 14.5. The molecular weight excluding hydrogens is 306 g/mol. The molecule has 0 aliphatic carbocycles. The summed E-state index contributed by atoms with van der Waals surface area (Å²) in [6.45, 7) is 10.0. The van der Waals surface area contributed by atoms with Crippen molar-refractivity contribution in [3.63, 3.8) is 0 Å². The van der Waals surface area contributed by atoms with Crippen LogP contribution in [-0.2, 0) is 6.42 Å². The van der Waals surface area contributed by atoms with E-state index < -0.39 is 0 Å². The summed E-state index contributed by atoms with van der Waals surface area (Å²) < 4.78 is 1.27. The van der Waals surface area contributed by atoms with Crippen LogP contribution >= 0.6 is 27.3 Å². The number of halogens is 1. The van der Waals surface area contributed by atoms with Crippen molar-refractivity contribution in [2.75, 3.05) is 6.54 Å². The van der Waals surface area contributed by atoms with Crippen LogP contribution in [0.25, 0.3) is 0 Å². The van der Waals surface area contributed by atoms with Gasteiger partial charge in [0.25, 0.3) is 0 Å². The molecule has 0 aromatic carbocycles. The van der Waals surface area contributed by atoms with Crippen molar-refractivity contribution in [2.24, 2.45) is 0 Å². The molecule has 0 fully saturated rings.